The van der Waals surface area contributed by atoms with Gasteiger partial charge in [-0.2, -0.15) is 0 Å². The van der Waals surface area contributed by atoms with Gasteiger partial charge in [0.25, 0.3) is 0 Å². The van der Waals surface area contributed by atoms with Crippen molar-refractivity contribution in [3.05, 3.63) is 0 Å². The van der Waals surface area contributed by atoms with Gasteiger partial charge >= 0.3 is 0 Å². The Morgan fingerprint density at radius 3 is 2.21 bits per heavy atom. The van der Waals surface area contributed by atoms with Crippen molar-refractivity contribution in [3.63, 3.8) is 0 Å². The van der Waals surface area contributed by atoms with Gasteiger partial charge in [0.05, 0.1) is 0 Å². The lowest BCUT2D eigenvalue weighted by atomic mass is 9.76. The van der Waals surface area contributed by atoms with Crippen LogP contribution in [0.1, 0.15) is 47.5 Å². The maximum absolute atomic E-state index is 11.8. The van der Waals surface area contributed by atoms with E-state index in [9.17, 15) is 4.79 Å². The van der Waals surface area contributed by atoms with Gasteiger partial charge in [-0.3, -0.25) is 4.79 Å². The lowest BCUT2D eigenvalue weighted by Gasteiger charge is -2.32. The van der Waals surface area contributed by atoms with E-state index in [2.05, 4.69) is 44.8 Å². The van der Waals surface area contributed by atoms with E-state index in [0.717, 1.165) is 26.1 Å². The number of rotatable bonds is 8. The van der Waals surface area contributed by atoms with Crippen molar-refractivity contribution in [1.29, 1.82) is 0 Å². The van der Waals surface area contributed by atoms with Crippen molar-refractivity contribution < 1.29 is 4.79 Å². The highest BCUT2D eigenvalue weighted by molar-refractivity contribution is 5.76. The third-order valence-electron chi connectivity index (χ3n) is 3.00. The molecule has 0 aromatic rings. The molecule has 0 bridgehead atoms. The Balaban J connectivity index is 3.95. The van der Waals surface area contributed by atoms with E-state index < -0.39 is 0 Å². The van der Waals surface area contributed by atoms with Crippen LogP contribution in [0.5, 0.6) is 0 Å². The highest BCUT2D eigenvalue weighted by Gasteiger charge is 2.25. The molecule has 19 heavy (non-hydrogen) atoms. The summed E-state index contributed by atoms with van der Waals surface area (Å²) in [6.07, 6.45) is 1.63. The van der Waals surface area contributed by atoms with Crippen molar-refractivity contribution in [1.82, 2.24) is 10.2 Å². The van der Waals surface area contributed by atoms with Crippen LogP contribution in [0.4, 0.5) is 0 Å². The van der Waals surface area contributed by atoms with Gasteiger partial charge in [0.15, 0.2) is 0 Å². The molecule has 0 aromatic carbocycles. The maximum atomic E-state index is 11.8. The summed E-state index contributed by atoms with van der Waals surface area (Å²) in [5, 5.41) is 3.05. The number of nitrogens with one attached hydrogen (secondary N) is 1. The van der Waals surface area contributed by atoms with E-state index in [1.54, 1.807) is 0 Å². The molecule has 1 amide bonds. The number of carbonyl (C=O) groups excluding carboxylic acids is 1. The molecule has 0 heterocycles. The van der Waals surface area contributed by atoms with Gasteiger partial charge in [0.2, 0.25) is 5.91 Å². The van der Waals surface area contributed by atoms with E-state index in [0.29, 0.717) is 13.0 Å². The number of carbonyl (C=O) groups is 1. The van der Waals surface area contributed by atoms with Gasteiger partial charge in [-0.1, -0.05) is 34.6 Å². The van der Waals surface area contributed by atoms with Gasteiger partial charge in [-0.15, -0.1) is 0 Å². The quantitative estimate of drug-likeness (QED) is 0.708. The van der Waals surface area contributed by atoms with Crippen molar-refractivity contribution >= 4 is 5.91 Å². The zero-order valence-corrected chi connectivity index (χ0v) is 13.7. The van der Waals surface area contributed by atoms with Gasteiger partial charge in [0.1, 0.15) is 0 Å². The average molecular weight is 271 g/mol. The molecule has 0 radical (unpaired) electrons. The molecule has 114 valence electrons. The third-order valence-corrected chi connectivity index (χ3v) is 3.00. The highest BCUT2D eigenvalue weighted by atomic mass is 16.1. The van der Waals surface area contributed by atoms with E-state index in [1.165, 1.54) is 0 Å². The van der Waals surface area contributed by atoms with E-state index in [-0.39, 0.29) is 16.7 Å². The third kappa shape index (κ3) is 11.0. The fourth-order valence-electron chi connectivity index (χ4n) is 2.55. The molecule has 3 N–H and O–H groups in total. The number of likely N-dealkylation sites (N-methyl/N-ethyl adjacent to an activating group) is 1. The van der Waals surface area contributed by atoms with E-state index in [4.69, 9.17) is 5.73 Å². The molecule has 0 unspecified atom stereocenters. The fraction of sp³-hybridized carbons (Fsp3) is 0.933. The predicted octanol–water partition coefficient (Wildman–Crippen LogP) is 1.85. The Kier molecular flexibility index (Phi) is 7.60. The second-order valence-corrected chi connectivity index (χ2v) is 7.52. The van der Waals surface area contributed by atoms with Crippen LogP contribution < -0.4 is 11.1 Å². The summed E-state index contributed by atoms with van der Waals surface area (Å²) in [6, 6.07) is 0. The molecule has 4 heteroatoms. The summed E-state index contributed by atoms with van der Waals surface area (Å²) in [7, 11) is 1.99. The first-order valence-corrected chi connectivity index (χ1v) is 7.21. The summed E-state index contributed by atoms with van der Waals surface area (Å²) in [6.45, 7) is 14.1. The molecule has 0 atom stereocenters. The van der Waals surface area contributed by atoms with Crippen molar-refractivity contribution in [2.75, 3.05) is 33.2 Å². The van der Waals surface area contributed by atoms with Crippen LogP contribution in [0.25, 0.3) is 0 Å². The Bertz CT molecular complexity index is 269. The standard InChI is InChI=1S/C15H33N3O/c1-14(2,3)11-15(4,5)12-17-13(19)7-9-18(6)10-8-16/h7-12,16H2,1-6H3,(H,17,19). The first kappa shape index (κ1) is 18.4. The number of nitrogens with two attached hydrogens (primary N) is 1. The highest BCUT2D eigenvalue weighted by Crippen LogP contribution is 2.32. The minimum absolute atomic E-state index is 0.130. The lowest BCUT2D eigenvalue weighted by molar-refractivity contribution is -0.121. The lowest BCUT2D eigenvalue weighted by Crippen LogP contribution is -2.37. The second-order valence-electron chi connectivity index (χ2n) is 7.52. The Labute approximate surface area is 119 Å². The van der Waals surface area contributed by atoms with Crippen molar-refractivity contribution in [2.45, 2.75) is 47.5 Å². The van der Waals surface area contributed by atoms with Crippen molar-refractivity contribution in [2.24, 2.45) is 16.6 Å². The fourth-order valence-corrected chi connectivity index (χ4v) is 2.55. The van der Waals surface area contributed by atoms with Gasteiger partial charge in [-0.25, -0.2) is 0 Å². The Morgan fingerprint density at radius 2 is 1.74 bits per heavy atom. The van der Waals surface area contributed by atoms with Crippen LogP contribution in [0, 0.1) is 10.8 Å². The summed E-state index contributed by atoms with van der Waals surface area (Å²) in [4.78, 5) is 13.9. The molecule has 0 aromatic heterocycles. The largest absolute Gasteiger partial charge is 0.356 e. The second kappa shape index (κ2) is 7.85. The van der Waals surface area contributed by atoms with Gasteiger partial charge in [-0.05, 0) is 24.3 Å². The number of hydrogen-bond acceptors (Lipinski definition) is 3. The van der Waals surface area contributed by atoms with Crippen LogP contribution in [0.2, 0.25) is 0 Å². The molecular formula is C15H33N3O. The zero-order chi connectivity index (χ0) is 15.1. The topological polar surface area (TPSA) is 58.4 Å². The van der Waals surface area contributed by atoms with Crippen LogP contribution in [-0.2, 0) is 4.79 Å². The summed E-state index contributed by atoms with van der Waals surface area (Å²) < 4.78 is 0. The molecule has 0 rings (SSSR count). The molecular weight excluding hydrogens is 238 g/mol. The van der Waals surface area contributed by atoms with Crippen molar-refractivity contribution in [3.8, 4) is 0 Å². The first-order chi connectivity index (χ1) is 8.56. The van der Waals surface area contributed by atoms with E-state index >= 15 is 0 Å². The Morgan fingerprint density at radius 1 is 1.16 bits per heavy atom. The maximum Gasteiger partial charge on any atom is 0.221 e. The number of amides is 1. The molecule has 0 aliphatic carbocycles. The monoisotopic (exact) mass is 271 g/mol. The van der Waals surface area contributed by atoms with E-state index in [1.807, 2.05) is 7.05 Å². The zero-order valence-electron chi connectivity index (χ0n) is 13.7. The first-order valence-electron chi connectivity index (χ1n) is 7.21. The molecule has 0 spiro atoms. The van der Waals surface area contributed by atoms with Crippen LogP contribution >= 0.6 is 0 Å². The smallest absolute Gasteiger partial charge is 0.221 e. The summed E-state index contributed by atoms with van der Waals surface area (Å²) >= 11 is 0. The van der Waals surface area contributed by atoms with Gasteiger partial charge in [0, 0.05) is 32.6 Å². The van der Waals surface area contributed by atoms with Crippen LogP contribution in [-0.4, -0.2) is 44.0 Å². The Hall–Kier alpha value is -0.610. The molecule has 0 fully saturated rings. The number of hydrogen-bond donors (Lipinski definition) is 2. The number of nitrogens with zero attached hydrogens (tertiary/aromatic N) is 1. The molecule has 0 saturated heterocycles. The molecule has 0 aliphatic rings. The summed E-state index contributed by atoms with van der Waals surface area (Å²) in [5.74, 6) is 0.130. The predicted molar refractivity (Wildman–Crippen MR) is 82.0 cm³/mol. The minimum atomic E-state index is 0.130. The normalized spacial score (nSPS) is 12.8. The molecule has 0 saturated carbocycles. The minimum Gasteiger partial charge on any atom is -0.356 e. The SMILES string of the molecule is CN(CCN)CCC(=O)NCC(C)(C)CC(C)(C)C. The average Bonchev–Trinajstić information content (AvgIpc) is 2.21. The van der Waals surface area contributed by atoms with Crippen LogP contribution in [0.15, 0.2) is 0 Å². The van der Waals surface area contributed by atoms with Gasteiger partial charge < -0.3 is 16.0 Å². The molecule has 4 nitrogen and oxygen atoms in total. The summed E-state index contributed by atoms with van der Waals surface area (Å²) in [5.41, 5.74) is 5.89. The van der Waals surface area contributed by atoms with Crippen LogP contribution in [0.3, 0.4) is 0 Å². The molecule has 0 aliphatic heterocycles.